The first-order valence-corrected chi connectivity index (χ1v) is 8.74. The van der Waals surface area contributed by atoms with Crippen molar-refractivity contribution in [3.05, 3.63) is 29.0 Å². The number of aromatic amines is 1. The van der Waals surface area contributed by atoms with E-state index in [-0.39, 0.29) is 18.1 Å². The highest BCUT2D eigenvalue weighted by molar-refractivity contribution is 5.93. The van der Waals surface area contributed by atoms with Crippen LogP contribution in [0, 0.1) is 19.8 Å². The lowest BCUT2D eigenvalue weighted by Gasteiger charge is -2.21. The van der Waals surface area contributed by atoms with Gasteiger partial charge in [-0.1, -0.05) is 0 Å². The first-order valence-electron chi connectivity index (χ1n) is 8.74. The van der Waals surface area contributed by atoms with E-state index in [0.717, 1.165) is 12.2 Å². The molecule has 1 N–H and O–H groups in total. The van der Waals surface area contributed by atoms with Gasteiger partial charge >= 0.3 is 0 Å². The fraction of sp³-hybridized carbons (Fsp3) is 0.647. The number of aromatic nitrogens is 4. The van der Waals surface area contributed by atoms with Crippen molar-refractivity contribution < 1.29 is 13.9 Å². The number of nitrogens with zero attached hydrogens (tertiary/aromatic N) is 4. The van der Waals surface area contributed by atoms with Crippen LogP contribution in [0.15, 0.2) is 4.42 Å². The Hall–Kier alpha value is -2.22. The van der Waals surface area contributed by atoms with E-state index < -0.39 is 0 Å². The maximum atomic E-state index is 13.1. The predicted octanol–water partition coefficient (Wildman–Crippen LogP) is 1.96. The van der Waals surface area contributed by atoms with Crippen LogP contribution in [0.4, 0.5) is 0 Å². The Morgan fingerprint density at radius 2 is 2.16 bits per heavy atom. The number of nitrogens with one attached hydrogen (secondary N) is 1. The van der Waals surface area contributed by atoms with Crippen LogP contribution in [0.2, 0.25) is 0 Å². The highest BCUT2D eigenvalue weighted by Gasteiger charge is 2.40. The topological polar surface area (TPSA) is 97.1 Å². The number of carbonyl (C=O) groups is 1. The quantitative estimate of drug-likeness (QED) is 0.890. The largest absolute Gasteiger partial charge is 0.435 e. The van der Waals surface area contributed by atoms with E-state index in [4.69, 9.17) is 9.15 Å². The fourth-order valence-corrected chi connectivity index (χ4v) is 3.38. The molecule has 0 aromatic carbocycles. The minimum absolute atomic E-state index is 0.0399. The molecule has 25 heavy (non-hydrogen) atoms. The number of oxazole rings is 1. The molecule has 134 valence electrons. The standard InChI is InChI=1S/C17H23N5O3/c1-9-15(25-14(18-9)6-11-4-5-11)17(23)22-8-12(24-3)7-13(22)16-19-10(2)20-21-16/h11-13H,4-8H2,1-3H3,(H,19,20,21)/t12-,13+/m1/s1. The molecule has 8 heteroatoms. The molecule has 1 saturated carbocycles. The van der Waals surface area contributed by atoms with E-state index >= 15 is 0 Å². The molecule has 1 saturated heterocycles. The van der Waals surface area contributed by atoms with Gasteiger partial charge in [-0.3, -0.25) is 9.89 Å². The number of ether oxygens (including phenoxy) is 1. The summed E-state index contributed by atoms with van der Waals surface area (Å²) in [6.45, 7) is 4.16. The Kier molecular flexibility index (Phi) is 4.07. The summed E-state index contributed by atoms with van der Waals surface area (Å²) in [6, 6.07) is -0.223. The van der Waals surface area contributed by atoms with Crippen LogP contribution in [-0.4, -0.2) is 50.7 Å². The van der Waals surface area contributed by atoms with Crippen molar-refractivity contribution in [3.63, 3.8) is 0 Å². The van der Waals surface area contributed by atoms with Crippen LogP contribution in [0.1, 0.15) is 59.1 Å². The number of likely N-dealkylation sites (tertiary alicyclic amines) is 1. The van der Waals surface area contributed by atoms with Crippen LogP contribution >= 0.6 is 0 Å². The van der Waals surface area contributed by atoms with Crippen LogP contribution in [0.5, 0.6) is 0 Å². The monoisotopic (exact) mass is 345 g/mol. The number of hydrogen-bond acceptors (Lipinski definition) is 6. The van der Waals surface area contributed by atoms with Gasteiger partial charge in [-0.25, -0.2) is 9.97 Å². The normalized spacial score (nSPS) is 23.4. The van der Waals surface area contributed by atoms with Crippen molar-refractivity contribution in [2.45, 2.75) is 51.7 Å². The van der Waals surface area contributed by atoms with Gasteiger partial charge in [0.2, 0.25) is 5.76 Å². The van der Waals surface area contributed by atoms with Gasteiger partial charge in [-0.05, 0) is 32.6 Å². The zero-order valence-corrected chi connectivity index (χ0v) is 14.8. The molecule has 1 amide bonds. The van der Waals surface area contributed by atoms with E-state index in [1.807, 2.05) is 13.8 Å². The Morgan fingerprint density at radius 3 is 2.80 bits per heavy atom. The summed E-state index contributed by atoms with van der Waals surface area (Å²) in [4.78, 5) is 23.7. The first-order chi connectivity index (χ1) is 12.0. The second kappa shape index (κ2) is 6.25. The number of methoxy groups -OCH3 is 1. The Labute approximate surface area is 146 Å². The van der Waals surface area contributed by atoms with Crippen LogP contribution in [-0.2, 0) is 11.2 Å². The van der Waals surface area contributed by atoms with E-state index in [1.165, 1.54) is 12.8 Å². The van der Waals surface area contributed by atoms with Gasteiger partial charge in [-0.2, -0.15) is 5.10 Å². The minimum Gasteiger partial charge on any atom is -0.435 e. The fourth-order valence-electron chi connectivity index (χ4n) is 3.38. The van der Waals surface area contributed by atoms with E-state index in [9.17, 15) is 4.79 Å². The Balaban J connectivity index is 1.59. The lowest BCUT2D eigenvalue weighted by Crippen LogP contribution is -2.32. The van der Waals surface area contributed by atoms with Crippen LogP contribution in [0.3, 0.4) is 0 Å². The number of hydrogen-bond donors (Lipinski definition) is 1. The Morgan fingerprint density at radius 1 is 1.36 bits per heavy atom. The first kappa shape index (κ1) is 16.3. The van der Waals surface area contributed by atoms with Gasteiger partial charge in [0.25, 0.3) is 5.91 Å². The van der Waals surface area contributed by atoms with Crippen molar-refractivity contribution in [1.29, 1.82) is 0 Å². The summed E-state index contributed by atoms with van der Waals surface area (Å²) in [6.07, 6.45) is 3.89. The van der Waals surface area contributed by atoms with Crippen molar-refractivity contribution in [2.24, 2.45) is 5.92 Å². The zero-order valence-electron chi connectivity index (χ0n) is 14.8. The van der Waals surface area contributed by atoms with Crippen molar-refractivity contribution >= 4 is 5.91 Å². The summed E-state index contributed by atoms with van der Waals surface area (Å²) in [7, 11) is 1.66. The van der Waals surface area contributed by atoms with Gasteiger partial charge in [0.05, 0.1) is 17.8 Å². The van der Waals surface area contributed by atoms with Gasteiger partial charge in [0.1, 0.15) is 5.82 Å². The average Bonchev–Trinajstić information content (AvgIpc) is 2.98. The van der Waals surface area contributed by atoms with E-state index in [1.54, 1.807) is 12.0 Å². The highest BCUT2D eigenvalue weighted by atomic mass is 16.5. The maximum Gasteiger partial charge on any atom is 0.292 e. The van der Waals surface area contributed by atoms with E-state index in [0.29, 0.717) is 42.1 Å². The minimum atomic E-state index is -0.223. The summed E-state index contributed by atoms with van der Waals surface area (Å²) >= 11 is 0. The summed E-state index contributed by atoms with van der Waals surface area (Å²) in [5, 5.41) is 7.08. The summed E-state index contributed by atoms with van der Waals surface area (Å²) in [5.41, 5.74) is 0.645. The molecule has 2 aromatic rings. The highest BCUT2D eigenvalue weighted by Crippen LogP contribution is 2.35. The van der Waals surface area contributed by atoms with Crippen molar-refractivity contribution in [2.75, 3.05) is 13.7 Å². The molecular formula is C17H23N5O3. The average molecular weight is 345 g/mol. The third kappa shape index (κ3) is 3.18. The molecule has 1 aliphatic carbocycles. The molecule has 0 spiro atoms. The third-order valence-electron chi connectivity index (χ3n) is 4.96. The molecule has 0 bridgehead atoms. The van der Waals surface area contributed by atoms with Gasteiger partial charge < -0.3 is 14.1 Å². The molecule has 2 fully saturated rings. The van der Waals surface area contributed by atoms with Crippen LogP contribution in [0.25, 0.3) is 0 Å². The number of carbonyl (C=O) groups excluding carboxylic acids is 1. The summed E-state index contributed by atoms with van der Waals surface area (Å²) in [5.74, 6) is 2.82. The number of rotatable bonds is 5. The third-order valence-corrected chi connectivity index (χ3v) is 4.96. The van der Waals surface area contributed by atoms with Gasteiger partial charge in [-0.15, -0.1) is 0 Å². The lowest BCUT2D eigenvalue weighted by molar-refractivity contribution is 0.0651. The second-order valence-corrected chi connectivity index (χ2v) is 7.02. The molecule has 2 aromatic heterocycles. The summed E-state index contributed by atoms with van der Waals surface area (Å²) < 4.78 is 11.3. The molecule has 0 unspecified atom stereocenters. The molecule has 8 nitrogen and oxygen atoms in total. The van der Waals surface area contributed by atoms with Crippen LogP contribution < -0.4 is 0 Å². The number of aryl methyl sites for hydroxylation is 2. The Bertz CT molecular complexity index is 779. The zero-order chi connectivity index (χ0) is 17.6. The molecule has 2 atom stereocenters. The smallest absolute Gasteiger partial charge is 0.292 e. The predicted molar refractivity (Wildman–Crippen MR) is 88.0 cm³/mol. The molecule has 4 rings (SSSR count). The molecule has 1 aliphatic heterocycles. The van der Waals surface area contributed by atoms with Crippen molar-refractivity contribution in [3.8, 4) is 0 Å². The number of H-pyrrole nitrogens is 1. The molecule has 2 aliphatic rings. The maximum absolute atomic E-state index is 13.1. The molecule has 0 radical (unpaired) electrons. The molecule has 3 heterocycles. The van der Waals surface area contributed by atoms with Gasteiger partial charge in [0, 0.05) is 26.5 Å². The van der Waals surface area contributed by atoms with E-state index in [2.05, 4.69) is 20.2 Å². The lowest BCUT2D eigenvalue weighted by atomic mass is 10.2. The number of amides is 1. The molecular weight excluding hydrogens is 322 g/mol. The van der Waals surface area contributed by atoms with Crippen molar-refractivity contribution in [1.82, 2.24) is 25.1 Å². The van der Waals surface area contributed by atoms with Gasteiger partial charge in [0.15, 0.2) is 11.7 Å². The second-order valence-electron chi connectivity index (χ2n) is 7.02. The SMILES string of the molecule is CO[C@@H]1C[C@@H](c2n[nH]c(C)n2)N(C(=O)c2oc(CC3CC3)nc2C)C1.